The van der Waals surface area contributed by atoms with Gasteiger partial charge in [0.05, 0.1) is 0 Å². The summed E-state index contributed by atoms with van der Waals surface area (Å²) in [5.41, 5.74) is 0.853. The van der Waals surface area contributed by atoms with Crippen LogP contribution in [0.3, 0.4) is 0 Å². The van der Waals surface area contributed by atoms with Crippen molar-refractivity contribution in [3.63, 3.8) is 0 Å². The van der Waals surface area contributed by atoms with Crippen LogP contribution in [0.25, 0.3) is 11.4 Å². The predicted octanol–water partition coefficient (Wildman–Crippen LogP) is 2.12. The van der Waals surface area contributed by atoms with Crippen LogP contribution in [0.4, 0.5) is 0 Å². The number of nitrogens with one attached hydrogen (secondary N) is 1. The van der Waals surface area contributed by atoms with Crippen molar-refractivity contribution in [2.45, 2.75) is 38.8 Å². The summed E-state index contributed by atoms with van der Waals surface area (Å²) in [7, 11) is 0. The Balaban J connectivity index is 0.00000156. The molecule has 0 saturated carbocycles. The number of pyridine rings is 1. The summed E-state index contributed by atoms with van der Waals surface area (Å²) in [6.45, 7) is 5.76. The number of nitrogens with zero attached hydrogens (tertiary/aromatic N) is 4. The van der Waals surface area contributed by atoms with Crippen molar-refractivity contribution in [2.75, 3.05) is 13.1 Å². The molecule has 7 nitrogen and oxygen atoms in total. The zero-order valence-corrected chi connectivity index (χ0v) is 15.8. The molecular weight excluding hydrogens is 365 g/mol. The lowest BCUT2D eigenvalue weighted by molar-refractivity contribution is -0.134. The fraction of sp³-hybridized carbons (Fsp3) is 0.500. The molecule has 1 aliphatic heterocycles. The van der Waals surface area contributed by atoms with Crippen LogP contribution in [0, 0.1) is 0 Å². The van der Waals surface area contributed by atoms with Crippen molar-refractivity contribution >= 4 is 30.7 Å². The molecule has 1 N–H and O–H groups in total. The van der Waals surface area contributed by atoms with Gasteiger partial charge in [-0.15, -0.1) is 24.8 Å². The zero-order chi connectivity index (χ0) is 16.2. The molecule has 1 fully saturated rings. The van der Waals surface area contributed by atoms with E-state index in [4.69, 9.17) is 4.52 Å². The molecule has 25 heavy (non-hydrogen) atoms. The van der Waals surface area contributed by atoms with Crippen molar-refractivity contribution in [2.24, 2.45) is 0 Å². The number of aromatic nitrogens is 3. The van der Waals surface area contributed by atoms with Crippen LogP contribution < -0.4 is 5.32 Å². The first-order valence-electron chi connectivity index (χ1n) is 7.91. The van der Waals surface area contributed by atoms with E-state index in [9.17, 15) is 4.79 Å². The maximum atomic E-state index is 12.4. The van der Waals surface area contributed by atoms with E-state index in [0.29, 0.717) is 30.6 Å². The van der Waals surface area contributed by atoms with Crippen LogP contribution in [0.15, 0.2) is 29.0 Å². The van der Waals surface area contributed by atoms with Crippen LogP contribution in [-0.4, -0.2) is 51.1 Å². The Morgan fingerprint density at radius 3 is 2.76 bits per heavy atom. The number of halogens is 2. The fourth-order valence-electron chi connectivity index (χ4n) is 2.74. The van der Waals surface area contributed by atoms with Gasteiger partial charge in [-0.3, -0.25) is 9.78 Å². The second-order valence-electron chi connectivity index (χ2n) is 5.82. The number of carbonyl (C=O) groups excluding carboxylic acids is 1. The number of carbonyl (C=O) groups is 1. The van der Waals surface area contributed by atoms with Crippen LogP contribution >= 0.6 is 24.8 Å². The standard InChI is InChI=1S/C16H21N5O2.2ClH/c1-11-12(2)21(10-9-18-11)15(22)4-3-14-19-16(20-23-14)13-5-7-17-8-6-13;;/h5-8,11-12,18H,3-4,9-10H2,1-2H3;2*1H. The smallest absolute Gasteiger partial charge is 0.227 e. The number of piperazine rings is 1. The first-order chi connectivity index (χ1) is 11.1. The van der Waals surface area contributed by atoms with E-state index < -0.39 is 0 Å². The Morgan fingerprint density at radius 2 is 2.04 bits per heavy atom. The molecule has 0 bridgehead atoms. The molecule has 1 amide bonds. The van der Waals surface area contributed by atoms with Crippen molar-refractivity contribution in [3.05, 3.63) is 30.4 Å². The minimum Gasteiger partial charge on any atom is -0.339 e. The van der Waals surface area contributed by atoms with Gasteiger partial charge in [-0.25, -0.2) is 0 Å². The number of aryl methyl sites for hydroxylation is 1. The number of amides is 1. The summed E-state index contributed by atoms with van der Waals surface area (Å²) in [4.78, 5) is 22.6. The number of rotatable bonds is 4. The highest BCUT2D eigenvalue weighted by atomic mass is 35.5. The molecule has 1 aliphatic rings. The van der Waals surface area contributed by atoms with Gasteiger partial charge in [0.25, 0.3) is 0 Å². The lowest BCUT2D eigenvalue weighted by Gasteiger charge is -2.38. The predicted molar refractivity (Wildman–Crippen MR) is 99.0 cm³/mol. The monoisotopic (exact) mass is 387 g/mol. The van der Waals surface area contributed by atoms with Crippen LogP contribution in [0.1, 0.15) is 26.2 Å². The fourth-order valence-corrected chi connectivity index (χ4v) is 2.74. The molecule has 0 aliphatic carbocycles. The summed E-state index contributed by atoms with van der Waals surface area (Å²) in [6, 6.07) is 4.16. The largest absolute Gasteiger partial charge is 0.339 e. The van der Waals surface area contributed by atoms with E-state index in [1.807, 2.05) is 17.0 Å². The van der Waals surface area contributed by atoms with Gasteiger partial charge in [-0.2, -0.15) is 4.98 Å². The SMILES string of the molecule is CC1NCCN(C(=O)CCc2nc(-c3ccncc3)no2)C1C.Cl.Cl. The Kier molecular flexibility index (Phi) is 8.28. The van der Waals surface area contributed by atoms with E-state index >= 15 is 0 Å². The molecule has 0 aromatic carbocycles. The Labute approximate surface area is 159 Å². The third-order valence-corrected chi connectivity index (χ3v) is 4.31. The number of hydrogen-bond donors (Lipinski definition) is 1. The average Bonchev–Trinajstić information content (AvgIpc) is 3.05. The first-order valence-corrected chi connectivity index (χ1v) is 7.91. The van der Waals surface area contributed by atoms with Crippen LogP contribution in [0.5, 0.6) is 0 Å². The molecule has 0 radical (unpaired) electrons. The second kappa shape index (κ2) is 9.70. The topological polar surface area (TPSA) is 84.2 Å². The van der Waals surface area contributed by atoms with Crippen molar-refractivity contribution < 1.29 is 9.32 Å². The minimum atomic E-state index is 0. The van der Waals surface area contributed by atoms with Crippen molar-refractivity contribution in [1.29, 1.82) is 0 Å². The summed E-state index contributed by atoms with van der Waals surface area (Å²) in [6.07, 6.45) is 4.21. The van der Waals surface area contributed by atoms with Crippen molar-refractivity contribution in [3.8, 4) is 11.4 Å². The first kappa shape index (κ1) is 21.3. The molecule has 9 heteroatoms. The quantitative estimate of drug-likeness (QED) is 0.864. The third kappa shape index (κ3) is 5.14. The Bertz CT molecular complexity index is 668. The van der Waals surface area contributed by atoms with Gasteiger partial charge in [0.1, 0.15) is 0 Å². The Hall–Kier alpha value is -1.70. The molecule has 1 saturated heterocycles. The summed E-state index contributed by atoms with van der Waals surface area (Å²) >= 11 is 0. The molecule has 3 rings (SSSR count). The van der Waals surface area contributed by atoms with Gasteiger partial charge in [-0.05, 0) is 26.0 Å². The normalized spacial score (nSPS) is 19.7. The highest BCUT2D eigenvalue weighted by molar-refractivity contribution is 5.85. The van der Waals surface area contributed by atoms with E-state index in [2.05, 4.69) is 34.3 Å². The maximum absolute atomic E-state index is 12.4. The molecule has 2 atom stereocenters. The van der Waals surface area contributed by atoms with Crippen LogP contribution in [-0.2, 0) is 11.2 Å². The number of hydrogen-bond acceptors (Lipinski definition) is 6. The molecule has 2 aromatic rings. The van der Waals surface area contributed by atoms with Gasteiger partial charge in [0.15, 0.2) is 0 Å². The second-order valence-corrected chi connectivity index (χ2v) is 5.82. The third-order valence-electron chi connectivity index (χ3n) is 4.31. The van der Waals surface area contributed by atoms with Crippen LogP contribution in [0.2, 0.25) is 0 Å². The average molecular weight is 388 g/mol. The molecule has 0 spiro atoms. The van der Waals surface area contributed by atoms with Gasteiger partial charge < -0.3 is 14.7 Å². The molecule has 2 aromatic heterocycles. The Morgan fingerprint density at radius 1 is 1.32 bits per heavy atom. The van der Waals surface area contributed by atoms with E-state index in [0.717, 1.165) is 18.7 Å². The highest BCUT2D eigenvalue weighted by Gasteiger charge is 2.27. The minimum absolute atomic E-state index is 0. The van der Waals surface area contributed by atoms with Gasteiger partial charge in [0, 0.05) is 56.0 Å². The van der Waals surface area contributed by atoms with E-state index in [1.54, 1.807) is 12.4 Å². The maximum Gasteiger partial charge on any atom is 0.227 e. The van der Waals surface area contributed by atoms with E-state index in [-0.39, 0.29) is 36.8 Å². The summed E-state index contributed by atoms with van der Waals surface area (Å²) in [5.74, 6) is 1.15. The lowest BCUT2D eigenvalue weighted by Crippen LogP contribution is -2.57. The summed E-state index contributed by atoms with van der Waals surface area (Å²) in [5, 5.41) is 7.33. The molecule has 138 valence electrons. The van der Waals surface area contributed by atoms with Gasteiger partial charge in [0.2, 0.25) is 17.6 Å². The highest BCUT2D eigenvalue weighted by Crippen LogP contribution is 2.16. The lowest BCUT2D eigenvalue weighted by atomic mass is 10.1. The van der Waals surface area contributed by atoms with Crippen molar-refractivity contribution in [1.82, 2.24) is 25.3 Å². The molecule has 2 unspecified atom stereocenters. The molecule has 3 heterocycles. The van der Waals surface area contributed by atoms with Gasteiger partial charge in [-0.1, -0.05) is 5.16 Å². The molecular formula is C16H23Cl2N5O2. The zero-order valence-electron chi connectivity index (χ0n) is 14.2. The summed E-state index contributed by atoms with van der Waals surface area (Å²) < 4.78 is 5.24. The van der Waals surface area contributed by atoms with E-state index in [1.165, 1.54) is 0 Å². The van der Waals surface area contributed by atoms with Gasteiger partial charge >= 0.3 is 0 Å².